The van der Waals surface area contributed by atoms with E-state index in [2.05, 4.69) is 26.6 Å². The zero-order chi connectivity index (χ0) is 16.4. The summed E-state index contributed by atoms with van der Waals surface area (Å²) in [5.74, 6) is -0.498. The van der Waals surface area contributed by atoms with Crippen molar-refractivity contribution in [2.45, 2.75) is 20.8 Å². The second kappa shape index (κ2) is 6.04. The van der Waals surface area contributed by atoms with Crippen molar-refractivity contribution in [3.63, 3.8) is 0 Å². The van der Waals surface area contributed by atoms with Gasteiger partial charge in [-0.1, -0.05) is 11.6 Å². The zero-order valence-corrected chi connectivity index (χ0v) is 13.2. The van der Waals surface area contributed by atoms with Crippen LogP contribution in [-0.4, -0.2) is 37.8 Å². The van der Waals surface area contributed by atoms with Crippen LogP contribution in [0, 0.1) is 13.8 Å². The number of hydrogen-bond acceptors (Lipinski definition) is 5. The normalized spacial score (nSPS) is 10.7. The van der Waals surface area contributed by atoms with Crippen LogP contribution in [0.3, 0.4) is 0 Å². The number of hydrogen-bond donors (Lipinski definition) is 1. The van der Waals surface area contributed by atoms with Crippen LogP contribution in [0.2, 0.25) is 0 Å². The highest BCUT2D eigenvalue weighted by molar-refractivity contribution is 5.95. The summed E-state index contributed by atoms with van der Waals surface area (Å²) in [7, 11) is 0. The number of rotatable bonds is 4. The lowest BCUT2D eigenvalue weighted by Crippen LogP contribution is -2.08. The van der Waals surface area contributed by atoms with E-state index in [1.165, 1.54) is 0 Å². The van der Waals surface area contributed by atoms with Crippen LogP contribution < -0.4 is 0 Å². The van der Waals surface area contributed by atoms with E-state index in [4.69, 9.17) is 4.74 Å². The number of nitrogens with zero attached hydrogens (tertiary/aromatic N) is 4. The summed E-state index contributed by atoms with van der Waals surface area (Å²) in [5.41, 5.74) is 4.36. The molecule has 0 bridgehead atoms. The summed E-state index contributed by atoms with van der Waals surface area (Å²) >= 11 is 0. The first-order valence-electron chi connectivity index (χ1n) is 7.31. The number of ether oxygens (including phenoxy) is 1. The maximum atomic E-state index is 12.1. The van der Waals surface area contributed by atoms with E-state index >= 15 is 0 Å². The van der Waals surface area contributed by atoms with E-state index in [9.17, 15) is 4.79 Å². The number of esters is 1. The molecule has 0 atom stereocenters. The minimum atomic E-state index is -0.498. The first-order valence-corrected chi connectivity index (χ1v) is 7.31. The fraction of sp³-hybridized carbons (Fsp3) is 0.250. The van der Waals surface area contributed by atoms with E-state index in [-0.39, 0.29) is 12.3 Å². The maximum Gasteiger partial charge on any atom is 0.361 e. The van der Waals surface area contributed by atoms with Gasteiger partial charge in [-0.2, -0.15) is 15.4 Å². The van der Waals surface area contributed by atoms with Gasteiger partial charge in [-0.05, 0) is 38.5 Å². The number of aromatic amines is 1. The van der Waals surface area contributed by atoms with Crippen molar-refractivity contribution in [1.82, 2.24) is 25.2 Å². The Bertz CT molecular complexity index is 836. The van der Waals surface area contributed by atoms with Crippen LogP contribution in [0.4, 0.5) is 0 Å². The predicted octanol–water partition coefficient (Wildman–Crippen LogP) is 2.45. The maximum absolute atomic E-state index is 12.1. The summed E-state index contributed by atoms with van der Waals surface area (Å²) in [6.07, 6.45) is 3.56. The number of aromatic nitrogens is 5. The molecule has 0 amide bonds. The molecule has 0 radical (unpaired) electrons. The summed E-state index contributed by atoms with van der Waals surface area (Å²) in [6.45, 7) is 6.03. The highest BCUT2D eigenvalue weighted by Crippen LogP contribution is 2.31. The zero-order valence-electron chi connectivity index (χ0n) is 13.2. The van der Waals surface area contributed by atoms with Crippen molar-refractivity contribution in [3.05, 3.63) is 47.4 Å². The third kappa shape index (κ3) is 2.73. The van der Waals surface area contributed by atoms with Crippen molar-refractivity contribution in [2.24, 2.45) is 0 Å². The SMILES string of the molecule is CCOC(=O)c1n[nH]nc1-c1cc(C)cc(C)c1-n1cccn1. The lowest BCUT2D eigenvalue weighted by molar-refractivity contribution is 0.0520. The van der Waals surface area contributed by atoms with Gasteiger partial charge >= 0.3 is 5.97 Å². The number of aryl methyl sites for hydroxylation is 2. The Hall–Kier alpha value is -2.96. The second-order valence-corrected chi connectivity index (χ2v) is 5.17. The minimum absolute atomic E-state index is 0.172. The number of benzene rings is 1. The molecular formula is C16H17N5O2. The molecule has 0 fully saturated rings. The summed E-state index contributed by atoms with van der Waals surface area (Å²) in [4.78, 5) is 12.1. The number of carbonyl (C=O) groups is 1. The molecule has 0 aliphatic carbocycles. The molecule has 1 aromatic carbocycles. The molecule has 0 saturated heterocycles. The van der Waals surface area contributed by atoms with Crippen LogP contribution in [-0.2, 0) is 4.74 Å². The van der Waals surface area contributed by atoms with Gasteiger partial charge in [0.05, 0.1) is 12.3 Å². The van der Waals surface area contributed by atoms with Gasteiger partial charge in [0.2, 0.25) is 0 Å². The van der Waals surface area contributed by atoms with Crippen LogP contribution in [0.5, 0.6) is 0 Å². The van der Waals surface area contributed by atoms with Gasteiger partial charge in [0.1, 0.15) is 5.69 Å². The molecule has 118 valence electrons. The Labute approximate surface area is 133 Å². The van der Waals surface area contributed by atoms with Gasteiger partial charge in [-0.15, -0.1) is 5.10 Å². The molecule has 23 heavy (non-hydrogen) atoms. The lowest BCUT2D eigenvalue weighted by atomic mass is 10.0. The van der Waals surface area contributed by atoms with Gasteiger partial charge in [0, 0.05) is 18.0 Å². The van der Waals surface area contributed by atoms with E-state index in [1.807, 2.05) is 32.2 Å². The Balaban J connectivity index is 2.22. The van der Waals surface area contributed by atoms with Crippen molar-refractivity contribution in [3.8, 4) is 16.9 Å². The highest BCUT2D eigenvalue weighted by atomic mass is 16.5. The molecule has 3 aromatic rings. The molecule has 2 heterocycles. The second-order valence-electron chi connectivity index (χ2n) is 5.17. The standard InChI is InChI=1S/C16H17N5O2/c1-4-23-16(22)14-13(18-20-19-14)12-9-10(2)8-11(3)15(12)21-7-5-6-17-21/h5-9H,4H2,1-3H3,(H,18,19,20). The smallest absolute Gasteiger partial charge is 0.361 e. The Morgan fingerprint density at radius 1 is 1.30 bits per heavy atom. The van der Waals surface area contributed by atoms with Gasteiger partial charge < -0.3 is 4.74 Å². The average molecular weight is 311 g/mol. The van der Waals surface area contributed by atoms with E-state index in [0.29, 0.717) is 5.69 Å². The molecule has 0 unspecified atom stereocenters. The highest BCUT2D eigenvalue weighted by Gasteiger charge is 2.23. The van der Waals surface area contributed by atoms with Crippen LogP contribution in [0.1, 0.15) is 28.5 Å². The molecule has 7 nitrogen and oxygen atoms in total. The quantitative estimate of drug-likeness (QED) is 0.748. The average Bonchev–Trinajstić information content (AvgIpc) is 3.18. The molecule has 0 saturated carbocycles. The predicted molar refractivity (Wildman–Crippen MR) is 84.4 cm³/mol. The first-order chi connectivity index (χ1) is 11.1. The van der Waals surface area contributed by atoms with Crippen molar-refractivity contribution in [1.29, 1.82) is 0 Å². The minimum Gasteiger partial charge on any atom is -0.461 e. The molecular weight excluding hydrogens is 294 g/mol. The van der Waals surface area contributed by atoms with Gasteiger partial charge in [-0.3, -0.25) is 0 Å². The number of H-pyrrole nitrogens is 1. The fourth-order valence-electron chi connectivity index (χ4n) is 2.61. The molecule has 7 heteroatoms. The summed E-state index contributed by atoms with van der Waals surface area (Å²) in [6, 6.07) is 5.87. The van der Waals surface area contributed by atoms with Gasteiger partial charge in [0.15, 0.2) is 5.69 Å². The largest absolute Gasteiger partial charge is 0.461 e. The molecule has 2 aromatic heterocycles. The van der Waals surface area contributed by atoms with E-state index in [1.54, 1.807) is 17.8 Å². The summed E-state index contributed by atoms with van der Waals surface area (Å²) < 4.78 is 6.81. The molecule has 0 aliphatic rings. The molecule has 0 aliphatic heterocycles. The fourth-order valence-corrected chi connectivity index (χ4v) is 2.61. The van der Waals surface area contributed by atoms with Crippen molar-refractivity contribution >= 4 is 5.97 Å². The van der Waals surface area contributed by atoms with Crippen LogP contribution >= 0.6 is 0 Å². The van der Waals surface area contributed by atoms with Crippen molar-refractivity contribution < 1.29 is 9.53 Å². The van der Waals surface area contributed by atoms with Crippen molar-refractivity contribution in [2.75, 3.05) is 6.61 Å². The lowest BCUT2D eigenvalue weighted by Gasteiger charge is -2.13. The number of carbonyl (C=O) groups excluding carboxylic acids is 1. The Morgan fingerprint density at radius 3 is 2.83 bits per heavy atom. The monoisotopic (exact) mass is 311 g/mol. The van der Waals surface area contributed by atoms with E-state index in [0.717, 1.165) is 22.4 Å². The topological polar surface area (TPSA) is 85.7 Å². The summed E-state index contributed by atoms with van der Waals surface area (Å²) in [5, 5.41) is 14.9. The Morgan fingerprint density at radius 2 is 2.13 bits per heavy atom. The van der Waals surface area contributed by atoms with E-state index < -0.39 is 5.97 Å². The third-order valence-corrected chi connectivity index (χ3v) is 3.45. The molecule has 0 spiro atoms. The molecule has 1 N–H and O–H groups in total. The van der Waals surface area contributed by atoms with Crippen LogP contribution in [0.15, 0.2) is 30.6 Å². The first kappa shape index (κ1) is 15.0. The Kier molecular flexibility index (Phi) is 3.92. The van der Waals surface area contributed by atoms with Gasteiger partial charge in [-0.25, -0.2) is 9.48 Å². The molecule has 3 rings (SSSR count). The third-order valence-electron chi connectivity index (χ3n) is 3.45. The van der Waals surface area contributed by atoms with Crippen LogP contribution in [0.25, 0.3) is 16.9 Å². The van der Waals surface area contributed by atoms with Gasteiger partial charge in [0.25, 0.3) is 0 Å². The number of nitrogens with one attached hydrogen (secondary N) is 1.